The van der Waals surface area contributed by atoms with Gasteiger partial charge in [0.05, 0.1) is 21.3 Å². The van der Waals surface area contributed by atoms with E-state index in [0.29, 0.717) is 23.3 Å². The number of hydrogen-bond donors (Lipinski definition) is 1. The monoisotopic (exact) mass is 267 g/mol. The summed E-state index contributed by atoms with van der Waals surface area (Å²) < 4.78 is 16.0. The van der Waals surface area contributed by atoms with Crippen molar-refractivity contribution in [1.29, 1.82) is 0 Å². The molecule has 1 N–H and O–H groups in total. The van der Waals surface area contributed by atoms with E-state index in [1.807, 2.05) is 12.1 Å². The number of unbranched alkanes of at least 4 members (excludes halogenated alkanes) is 1. The normalized spacial score (nSPS) is 11.8. The van der Waals surface area contributed by atoms with Crippen molar-refractivity contribution in [3.8, 4) is 17.2 Å². The van der Waals surface area contributed by atoms with Crippen LogP contribution in [0.3, 0.4) is 0 Å². The molecule has 0 aliphatic rings. The summed E-state index contributed by atoms with van der Waals surface area (Å²) in [6.07, 6.45) is 3.58. The van der Waals surface area contributed by atoms with Crippen LogP contribution in [0.15, 0.2) is 12.1 Å². The maximum Gasteiger partial charge on any atom is 0.203 e. The number of hydrogen-bond acceptors (Lipinski definition) is 4. The van der Waals surface area contributed by atoms with E-state index in [2.05, 4.69) is 19.2 Å². The SMILES string of the molecule is CCCCC(C)Nc1cc(OC)c(OC)c(OC)c1. The lowest BCUT2D eigenvalue weighted by Gasteiger charge is -2.18. The third kappa shape index (κ3) is 4.23. The molecular formula is C15H25NO3. The number of methoxy groups -OCH3 is 3. The lowest BCUT2D eigenvalue weighted by molar-refractivity contribution is 0.324. The van der Waals surface area contributed by atoms with Gasteiger partial charge in [0.2, 0.25) is 5.75 Å². The first-order valence-corrected chi connectivity index (χ1v) is 6.72. The molecular weight excluding hydrogens is 242 g/mol. The predicted octanol–water partition coefficient (Wildman–Crippen LogP) is 3.70. The maximum absolute atomic E-state index is 5.34. The van der Waals surface area contributed by atoms with E-state index in [9.17, 15) is 0 Å². The van der Waals surface area contributed by atoms with Crippen molar-refractivity contribution >= 4 is 5.69 Å². The molecule has 0 fully saturated rings. The minimum absolute atomic E-state index is 0.419. The van der Waals surface area contributed by atoms with Gasteiger partial charge in [0.25, 0.3) is 0 Å². The molecule has 4 nitrogen and oxygen atoms in total. The molecule has 0 spiro atoms. The largest absolute Gasteiger partial charge is 0.493 e. The zero-order valence-electron chi connectivity index (χ0n) is 12.6. The third-order valence-corrected chi connectivity index (χ3v) is 3.07. The number of anilines is 1. The van der Waals surface area contributed by atoms with Crippen molar-refractivity contribution in [1.82, 2.24) is 0 Å². The van der Waals surface area contributed by atoms with Crippen LogP contribution in [-0.4, -0.2) is 27.4 Å². The minimum atomic E-state index is 0.419. The van der Waals surface area contributed by atoms with Crippen molar-refractivity contribution in [2.75, 3.05) is 26.6 Å². The molecule has 1 unspecified atom stereocenters. The summed E-state index contributed by atoms with van der Waals surface area (Å²) in [5.74, 6) is 1.97. The Morgan fingerprint density at radius 2 is 1.63 bits per heavy atom. The van der Waals surface area contributed by atoms with Crippen LogP contribution in [0.25, 0.3) is 0 Å². The van der Waals surface area contributed by atoms with Gasteiger partial charge in [-0.25, -0.2) is 0 Å². The van der Waals surface area contributed by atoms with Crippen LogP contribution in [0.1, 0.15) is 33.1 Å². The van der Waals surface area contributed by atoms with Gasteiger partial charge in [-0.05, 0) is 13.3 Å². The van der Waals surface area contributed by atoms with Gasteiger partial charge in [0, 0.05) is 23.9 Å². The molecule has 0 saturated carbocycles. The Bertz CT molecular complexity index is 368. The third-order valence-electron chi connectivity index (χ3n) is 3.07. The van der Waals surface area contributed by atoms with Gasteiger partial charge in [-0.3, -0.25) is 0 Å². The van der Waals surface area contributed by atoms with Crippen LogP contribution in [0.5, 0.6) is 17.2 Å². The summed E-state index contributed by atoms with van der Waals surface area (Å²) >= 11 is 0. The first-order valence-electron chi connectivity index (χ1n) is 6.72. The van der Waals surface area contributed by atoms with Crippen LogP contribution in [-0.2, 0) is 0 Å². The summed E-state index contributed by atoms with van der Waals surface area (Å²) in [6, 6.07) is 4.29. The Labute approximate surface area is 116 Å². The number of nitrogens with one attached hydrogen (secondary N) is 1. The Balaban J connectivity index is 2.90. The number of rotatable bonds is 8. The highest BCUT2D eigenvalue weighted by atomic mass is 16.5. The number of ether oxygens (including phenoxy) is 3. The first-order chi connectivity index (χ1) is 9.15. The van der Waals surface area contributed by atoms with E-state index in [-0.39, 0.29) is 0 Å². The van der Waals surface area contributed by atoms with Gasteiger partial charge < -0.3 is 19.5 Å². The van der Waals surface area contributed by atoms with Crippen LogP contribution in [0, 0.1) is 0 Å². The van der Waals surface area contributed by atoms with Crippen LogP contribution >= 0.6 is 0 Å². The maximum atomic E-state index is 5.34. The second kappa shape index (κ2) is 7.77. The fourth-order valence-electron chi connectivity index (χ4n) is 2.03. The molecule has 1 aromatic rings. The number of benzene rings is 1. The molecule has 4 heteroatoms. The molecule has 0 bridgehead atoms. The molecule has 1 atom stereocenters. The zero-order valence-corrected chi connectivity index (χ0v) is 12.6. The van der Waals surface area contributed by atoms with E-state index in [1.165, 1.54) is 12.8 Å². The van der Waals surface area contributed by atoms with E-state index < -0.39 is 0 Å². The van der Waals surface area contributed by atoms with Gasteiger partial charge >= 0.3 is 0 Å². The summed E-state index contributed by atoms with van der Waals surface area (Å²) in [4.78, 5) is 0. The second-order valence-corrected chi connectivity index (χ2v) is 4.60. The average Bonchev–Trinajstić information content (AvgIpc) is 2.43. The molecule has 0 aliphatic carbocycles. The lowest BCUT2D eigenvalue weighted by atomic mass is 10.1. The fraction of sp³-hybridized carbons (Fsp3) is 0.600. The van der Waals surface area contributed by atoms with E-state index in [0.717, 1.165) is 12.1 Å². The summed E-state index contributed by atoms with van der Waals surface area (Å²) in [6.45, 7) is 4.38. The first kappa shape index (κ1) is 15.5. The highest BCUT2D eigenvalue weighted by Gasteiger charge is 2.13. The smallest absolute Gasteiger partial charge is 0.203 e. The van der Waals surface area contributed by atoms with Crippen molar-refractivity contribution < 1.29 is 14.2 Å². The lowest BCUT2D eigenvalue weighted by Crippen LogP contribution is -2.15. The van der Waals surface area contributed by atoms with E-state index >= 15 is 0 Å². The van der Waals surface area contributed by atoms with Gasteiger partial charge in [-0.1, -0.05) is 19.8 Å². The van der Waals surface area contributed by atoms with E-state index in [4.69, 9.17) is 14.2 Å². The predicted molar refractivity (Wildman–Crippen MR) is 78.7 cm³/mol. The Kier molecular flexibility index (Phi) is 6.33. The summed E-state index contributed by atoms with van der Waals surface area (Å²) in [5, 5.41) is 3.46. The summed E-state index contributed by atoms with van der Waals surface area (Å²) in [7, 11) is 4.86. The molecule has 108 valence electrons. The van der Waals surface area contributed by atoms with E-state index in [1.54, 1.807) is 21.3 Å². The fourth-order valence-corrected chi connectivity index (χ4v) is 2.03. The van der Waals surface area contributed by atoms with Gasteiger partial charge in [-0.15, -0.1) is 0 Å². The van der Waals surface area contributed by atoms with Crippen molar-refractivity contribution in [3.05, 3.63) is 12.1 Å². The molecule has 0 radical (unpaired) electrons. The quantitative estimate of drug-likeness (QED) is 0.779. The minimum Gasteiger partial charge on any atom is -0.493 e. The highest BCUT2D eigenvalue weighted by Crippen LogP contribution is 2.40. The molecule has 0 aromatic heterocycles. The average molecular weight is 267 g/mol. The topological polar surface area (TPSA) is 39.7 Å². The van der Waals surface area contributed by atoms with Crippen LogP contribution in [0.4, 0.5) is 5.69 Å². The highest BCUT2D eigenvalue weighted by molar-refractivity contribution is 5.62. The van der Waals surface area contributed by atoms with Crippen LogP contribution in [0.2, 0.25) is 0 Å². The van der Waals surface area contributed by atoms with Crippen molar-refractivity contribution in [2.24, 2.45) is 0 Å². The standard InChI is InChI=1S/C15H25NO3/c1-6-7-8-11(2)16-12-9-13(17-3)15(19-5)14(10-12)18-4/h9-11,16H,6-8H2,1-5H3. The molecule has 1 aromatic carbocycles. The van der Waals surface area contributed by atoms with Gasteiger partial charge in [0.15, 0.2) is 11.5 Å². The Morgan fingerprint density at radius 3 is 2.05 bits per heavy atom. The van der Waals surface area contributed by atoms with Crippen LogP contribution < -0.4 is 19.5 Å². The molecule has 0 amide bonds. The molecule has 1 rings (SSSR count). The van der Waals surface area contributed by atoms with Gasteiger partial charge in [0.1, 0.15) is 0 Å². The second-order valence-electron chi connectivity index (χ2n) is 4.60. The van der Waals surface area contributed by atoms with Crippen molar-refractivity contribution in [2.45, 2.75) is 39.2 Å². The van der Waals surface area contributed by atoms with Gasteiger partial charge in [-0.2, -0.15) is 0 Å². The van der Waals surface area contributed by atoms with Crippen molar-refractivity contribution in [3.63, 3.8) is 0 Å². The molecule has 19 heavy (non-hydrogen) atoms. The Morgan fingerprint density at radius 1 is 1.05 bits per heavy atom. The zero-order chi connectivity index (χ0) is 14.3. The Hall–Kier alpha value is -1.58. The molecule has 0 aliphatic heterocycles. The molecule has 0 heterocycles. The summed E-state index contributed by atoms with van der Waals surface area (Å²) in [5.41, 5.74) is 0.984. The molecule has 0 saturated heterocycles.